The SMILES string of the molecule is CC1(C)CCN(S(=O)(=O)c2c(N)nc3sccn23)C1. The van der Waals surface area contributed by atoms with E-state index in [0.717, 1.165) is 6.42 Å². The first-order valence-electron chi connectivity index (χ1n) is 6.02. The summed E-state index contributed by atoms with van der Waals surface area (Å²) in [4.78, 5) is 4.71. The smallest absolute Gasteiger partial charge is 0.262 e. The molecule has 0 atom stereocenters. The summed E-state index contributed by atoms with van der Waals surface area (Å²) < 4.78 is 28.5. The number of thiazole rings is 1. The fourth-order valence-corrected chi connectivity index (χ4v) is 5.01. The predicted molar refractivity (Wildman–Crippen MR) is 74.6 cm³/mol. The maximum atomic E-state index is 12.7. The number of fused-ring (bicyclic) bond motifs is 1. The summed E-state index contributed by atoms with van der Waals surface area (Å²) in [6.45, 7) is 5.20. The molecule has 104 valence electrons. The lowest BCUT2D eigenvalue weighted by atomic mass is 9.93. The summed E-state index contributed by atoms with van der Waals surface area (Å²) in [6, 6.07) is 0. The summed E-state index contributed by atoms with van der Waals surface area (Å²) in [5, 5.41) is 1.90. The third kappa shape index (κ3) is 1.94. The first-order chi connectivity index (χ1) is 8.81. The number of sulfonamides is 1. The molecule has 2 aromatic rings. The maximum absolute atomic E-state index is 12.7. The van der Waals surface area contributed by atoms with Gasteiger partial charge in [0.1, 0.15) is 0 Å². The molecule has 0 saturated carbocycles. The first kappa shape index (κ1) is 12.9. The highest BCUT2D eigenvalue weighted by atomic mass is 32.2. The number of aromatic nitrogens is 2. The van der Waals surface area contributed by atoms with Gasteiger partial charge in [0.2, 0.25) is 0 Å². The summed E-state index contributed by atoms with van der Waals surface area (Å²) in [6.07, 6.45) is 2.55. The minimum absolute atomic E-state index is 0.0142. The first-order valence-corrected chi connectivity index (χ1v) is 8.34. The lowest BCUT2D eigenvalue weighted by molar-refractivity contribution is 0.375. The van der Waals surface area contributed by atoms with Crippen molar-refractivity contribution in [3.8, 4) is 0 Å². The van der Waals surface area contributed by atoms with E-state index in [1.807, 2.05) is 0 Å². The van der Waals surface area contributed by atoms with Crippen molar-refractivity contribution in [1.29, 1.82) is 0 Å². The Balaban J connectivity index is 2.10. The van der Waals surface area contributed by atoms with Gasteiger partial charge >= 0.3 is 0 Å². The number of anilines is 1. The van der Waals surface area contributed by atoms with Gasteiger partial charge in [-0.2, -0.15) is 4.31 Å². The average molecular weight is 300 g/mol. The Hall–Kier alpha value is -1.12. The third-order valence-electron chi connectivity index (χ3n) is 3.47. The molecule has 2 aromatic heterocycles. The van der Waals surface area contributed by atoms with E-state index in [2.05, 4.69) is 18.8 Å². The average Bonchev–Trinajstić information content (AvgIpc) is 2.91. The van der Waals surface area contributed by atoms with Crippen LogP contribution in [0.25, 0.3) is 4.96 Å². The monoisotopic (exact) mass is 300 g/mol. The Morgan fingerprint density at radius 3 is 2.84 bits per heavy atom. The zero-order valence-corrected chi connectivity index (χ0v) is 12.5. The van der Waals surface area contributed by atoms with Gasteiger partial charge in [0.05, 0.1) is 0 Å². The number of nitrogens with two attached hydrogens (primary N) is 1. The van der Waals surface area contributed by atoms with Gasteiger partial charge in [-0.15, -0.1) is 11.3 Å². The van der Waals surface area contributed by atoms with Crippen LogP contribution in [0.4, 0.5) is 5.82 Å². The Bertz CT molecular complexity index is 729. The van der Waals surface area contributed by atoms with Crippen molar-refractivity contribution in [1.82, 2.24) is 13.7 Å². The van der Waals surface area contributed by atoms with E-state index >= 15 is 0 Å². The molecule has 0 bridgehead atoms. The molecule has 3 rings (SSSR count). The number of rotatable bonds is 2. The summed E-state index contributed by atoms with van der Waals surface area (Å²) in [7, 11) is -3.58. The molecule has 0 amide bonds. The van der Waals surface area contributed by atoms with E-state index in [1.165, 1.54) is 15.6 Å². The molecule has 2 N–H and O–H groups in total. The predicted octanol–water partition coefficient (Wildman–Crippen LogP) is 1.40. The Morgan fingerprint density at radius 2 is 2.21 bits per heavy atom. The van der Waals surface area contributed by atoms with Crippen molar-refractivity contribution in [2.75, 3.05) is 18.8 Å². The van der Waals surface area contributed by atoms with E-state index < -0.39 is 10.0 Å². The Kier molecular flexibility index (Phi) is 2.67. The minimum atomic E-state index is -3.58. The molecule has 1 fully saturated rings. The van der Waals surface area contributed by atoms with Gasteiger partial charge in [-0.1, -0.05) is 13.8 Å². The number of nitrogens with zero attached hydrogens (tertiary/aromatic N) is 3. The van der Waals surface area contributed by atoms with Crippen molar-refractivity contribution >= 4 is 32.1 Å². The molecule has 6 nitrogen and oxygen atoms in total. The Labute approximate surface area is 115 Å². The molecule has 0 radical (unpaired) electrons. The van der Waals surface area contributed by atoms with Gasteiger partial charge < -0.3 is 5.73 Å². The van der Waals surface area contributed by atoms with Crippen LogP contribution in [-0.4, -0.2) is 35.2 Å². The van der Waals surface area contributed by atoms with Crippen LogP contribution in [0.1, 0.15) is 20.3 Å². The fourth-order valence-electron chi connectivity index (χ4n) is 2.43. The molecule has 1 aliphatic heterocycles. The zero-order chi connectivity index (χ0) is 13.8. The second-order valence-corrected chi connectivity index (χ2v) is 8.34. The highest BCUT2D eigenvalue weighted by Crippen LogP contribution is 2.34. The highest BCUT2D eigenvalue weighted by molar-refractivity contribution is 7.89. The van der Waals surface area contributed by atoms with Gasteiger partial charge in [-0.3, -0.25) is 4.40 Å². The van der Waals surface area contributed by atoms with Crippen molar-refractivity contribution in [3.05, 3.63) is 11.6 Å². The number of nitrogen functional groups attached to an aromatic ring is 1. The third-order valence-corrected chi connectivity index (χ3v) is 6.11. The molecule has 3 heterocycles. The fraction of sp³-hybridized carbons (Fsp3) is 0.545. The number of hydrogen-bond donors (Lipinski definition) is 1. The van der Waals surface area contributed by atoms with E-state index in [-0.39, 0.29) is 16.3 Å². The largest absolute Gasteiger partial charge is 0.381 e. The molecule has 0 aromatic carbocycles. The van der Waals surface area contributed by atoms with Crippen LogP contribution in [0.15, 0.2) is 16.6 Å². The second-order valence-electron chi connectivity index (χ2n) is 5.61. The summed E-state index contributed by atoms with van der Waals surface area (Å²) >= 11 is 1.37. The van der Waals surface area contributed by atoms with Gasteiger partial charge in [-0.25, -0.2) is 13.4 Å². The van der Waals surface area contributed by atoms with Crippen LogP contribution in [-0.2, 0) is 10.0 Å². The molecule has 0 unspecified atom stereocenters. The summed E-state index contributed by atoms with van der Waals surface area (Å²) in [5.41, 5.74) is 5.80. The van der Waals surface area contributed by atoms with Crippen LogP contribution >= 0.6 is 11.3 Å². The van der Waals surface area contributed by atoms with Crippen molar-refractivity contribution in [2.45, 2.75) is 25.3 Å². The van der Waals surface area contributed by atoms with Gasteiger partial charge in [0, 0.05) is 24.7 Å². The van der Waals surface area contributed by atoms with E-state index in [9.17, 15) is 8.42 Å². The van der Waals surface area contributed by atoms with Crippen molar-refractivity contribution < 1.29 is 8.42 Å². The van der Waals surface area contributed by atoms with Crippen LogP contribution in [0.2, 0.25) is 0 Å². The van der Waals surface area contributed by atoms with Crippen LogP contribution in [0, 0.1) is 5.41 Å². The van der Waals surface area contributed by atoms with E-state index in [4.69, 9.17) is 5.73 Å². The second kappa shape index (κ2) is 3.94. The van der Waals surface area contributed by atoms with Crippen LogP contribution < -0.4 is 5.73 Å². The van der Waals surface area contributed by atoms with Crippen LogP contribution in [0.3, 0.4) is 0 Å². The molecular formula is C11H16N4O2S2. The van der Waals surface area contributed by atoms with E-state index in [0.29, 0.717) is 18.1 Å². The van der Waals surface area contributed by atoms with Gasteiger partial charge in [0.25, 0.3) is 10.0 Å². The number of imidazole rings is 1. The lowest BCUT2D eigenvalue weighted by Gasteiger charge is -2.19. The molecule has 0 aliphatic carbocycles. The highest BCUT2D eigenvalue weighted by Gasteiger charge is 2.39. The van der Waals surface area contributed by atoms with Gasteiger partial charge in [-0.05, 0) is 11.8 Å². The summed E-state index contributed by atoms with van der Waals surface area (Å²) in [5.74, 6) is 0.0801. The van der Waals surface area contributed by atoms with Crippen LogP contribution in [0.5, 0.6) is 0 Å². The molecule has 0 spiro atoms. The topological polar surface area (TPSA) is 80.7 Å². The molecule has 19 heavy (non-hydrogen) atoms. The van der Waals surface area contributed by atoms with Crippen molar-refractivity contribution in [3.63, 3.8) is 0 Å². The van der Waals surface area contributed by atoms with Gasteiger partial charge in [0.15, 0.2) is 15.8 Å². The zero-order valence-electron chi connectivity index (χ0n) is 10.8. The molecular weight excluding hydrogens is 284 g/mol. The van der Waals surface area contributed by atoms with E-state index in [1.54, 1.807) is 16.0 Å². The normalized spacial score (nSPS) is 20.3. The standard InChI is InChI=1S/C11H16N4O2S2/c1-11(2)3-4-14(7-11)19(16,17)9-8(12)13-10-15(9)5-6-18-10/h5-6H,3-4,7,12H2,1-2H3. The lowest BCUT2D eigenvalue weighted by Crippen LogP contribution is -2.31. The molecule has 1 aliphatic rings. The maximum Gasteiger partial charge on any atom is 0.262 e. The molecule has 1 saturated heterocycles. The quantitative estimate of drug-likeness (QED) is 0.909. The number of hydrogen-bond acceptors (Lipinski definition) is 5. The van der Waals surface area contributed by atoms with Crippen molar-refractivity contribution in [2.24, 2.45) is 5.41 Å². The molecule has 8 heteroatoms. The Morgan fingerprint density at radius 1 is 1.47 bits per heavy atom. The minimum Gasteiger partial charge on any atom is -0.381 e.